The Morgan fingerprint density at radius 3 is 2.50 bits per heavy atom. The van der Waals surface area contributed by atoms with Crippen LogP contribution in [0.3, 0.4) is 0 Å². The molecule has 0 atom stereocenters. The van der Waals surface area contributed by atoms with E-state index in [1.807, 2.05) is 0 Å². The molecule has 6 heteroatoms. The highest BCUT2D eigenvalue weighted by Crippen LogP contribution is 2.20. The van der Waals surface area contributed by atoms with Gasteiger partial charge in [0.15, 0.2) is 11.6 Å². The molecular formula is C14H9ClF3NO. The summed E-state index contributed by atoms with van der Waals surface area (Å²) in [5, 5.41) is 2.26. The predicted octanol–water partition coefficient (Wildman–Crippen LogP) is 3.69. The first-order chi connectivity index (χ1) is 9.47. The summed E-state index contributed by atoms with van der Waals surface area (Å²) >= 11 is 5.68. The van der Waals surface area contributed by atoms with E-state index in [2.05, 4.69) is 5.32 Å². The molecule has 0 bridgehead atoms. The molecule has 0 aliphatic heterocycles. The van der Waals surface area contributed by atoms with Gasteiger partial charge in [0.05, 0.1) is 10.6 Å². The van der Waals surface area contributed by atoms with Gasteiger partial charge in [-0.05, 0) is 29.8 Å². The van der Waals surface area contributed by atoms with Crippen LogP contribution in [-0.4, -0.2) is 5.91 Å². The van der Waals surface area contributed by atoms with E-state index in [1.165, 1.54) is 18.2 Å². The van der Waals surface area contributed by atoms with E-state index >= 15 is 0 Å². The second kappa shape index (κ2) is 5.96. The van der Waals surface area contributed by atoms with Crippen LogP contribution in [0.15, 0.2) is 36.4 Å². The van der Waals surface area contributed by atoms with E-state index in [0.29, 0.717) is 5.56 Å². The molecule has 0 aliphatic rings. The van der Waals surface area contributed by atoms with Gasteiger partial charge in [-0.2, -0.15) is 0 Å². The first-order valence-corrected chi connectivity index (χ1v) is 6.02. The topological polar surface area (TPSA) is 29.1 Å². The Labute approximate surface area is 118 Å². The highest BCUT2D eigenvalue weighted by atomic mass is 35.5. The van der Waals surface area contributed by atoms with E-state index in [-0.39, 0.29) is 17.1 Å². The maximum absolute atomic E-state index is 13.1. The van der Waals surface area contributed by atoms with Crippen LogP contribution in [0.25, 0.3) is 0 Å². The van der Waals surface area contributed by atoms with Gasteiger partial charge in [0.1, 0.15) is 5.82 Å². The maximum Gasteiger partial charge on any atom is 0.253 e. The molecule has 20 heavy (non-hydrogen) atoms. The van der Waals surface area contributed by atoms with E-state index in [4.69, 9.17) is 11.6 Å². The molecule has 0 unspecified atom stereocenters. The Kier molecular flexibility index (Phi) is 4.29. The highest BCUT2D eigenvalue weighted by molar-refractivity contribution is 6.33. The number of amides is 1. The van der Waals surface area contributed by atoms with Gasteiger partial charge in [0.2, 0.25) is 0 Å². The molecule has 2 rings (SSSR count). The summed E-state index contributed by atoms with van der Waals surface area (Å²) in [5.41, 5.74) is 0.360. The van der Waals surface area contributed by atoms with Gasteiger partial charge in [0.25, 0.3) is 5.91 Å². The fraction of sp³-hybridized carbons (Fsp3) is 0.0714. The Morgan fingerprint density at radius 2 is 1.80 bits per heavy atom. The van der Waals surface area contributed by atoms with Gasteiger partial charge >= 0.3 is 0 Å². The molecule has 0 saturated heterocycles. The van der Waals surface area contributed by atoms with Crippen LogP contribution in [0.4, 0.5) is 13.2 Å². The molecule has 0 radical (unpaired) electrons. The molecule has 2 aromatic rings. The summed E-state index contributed by atoms with van der Waals surface area (Å²) < 4.78 is 38.9. The summed E-state index contributed by atoms with van der Waals surface area (Å²) in [5.74, 6) is -3.39. The van der Waals surface area contributed by atoms with Crippen molar-refractivity contribution in [3.8, 4) is 0 Å². The van der Waals surface area contributed by atoms with Crippen molar-refractivity contribution < 1.29 is 18.0 Å². The van der Waals surface area contributed by atoms with Crippen LogP contribution in [0.5, 0.6) is 0 Å². The number of carbonyl (C=O) groups excluding carboxylic acids is 1. The first-order valence-electron chi connectivity index (χ1n) is 5.64. The minimum absolute atomic E-state index is 0.0475. The van der Waals surface area contributed by atoms with Crippen LogP contribution >= 0.6 is 11.6 Å². The summed E-state index contributed by atoms with van der Waals surface area (Å²) in [6.45, 7) is 0.0475. The Balaban J connectivity index is 2.11. The molecule has 0 aliphatic carbocycles. The molecule has 0 heterocycles. The van der Waals surface area contributed by atoms with Crippen molar-refractivity contribution in [1.29, 1.82) is 0 Å². The molecule has 0 saturated carbocycles. The average Bonchev–Trinajstić information content (AvgIpc) is 2.40. The van der Waals surface area contributed by atoms with Gasteiger partial charge in [0, 0.05) is 6.54 Å². The molecule has 0 spiro atoms. The molecule has 0 fully saturated rings. The third-order valence-corrected chi connectivity index (χ3v) is 2.91. The van der Waals surface area contributed by atoms with Crippen LogP contribution < -0.4 is 5.32 Å². The standard InChI is InChI=1S/C14H9ClF3NO/c15-11-6-13(18)12(17)5-10(11)14(20)19-7-8-2-1-3-9(16)4-8/h1-6H,7H2,(H,19,20). The predicted molar refractivity (Wildman–Crippen MR) is 68.9 cm³/mol. The largest absolute Gasteiger partial charge is 0.348 e. The lowest BCUT2D eigenvalue weighted by Gasteiger charge is -2.07. The van der Waals surface area contributed by atoms with Gasteiger partial charge in [-0.3, -0.25) is 4.79 Å². The molecule has 2 aromatic carbocycles. The summed E-state index contributed by atoms with van der Waals surface area (Å²) in [6, 6.07) is 7.11. The van der Waals surface area contributed by atoms with Gasteiger partial charge in [-0.15, -0.1) is 0 Å². The summed E-state index contributed by atoms with van der Waals surface area (Å²) in [4.78, 5) is 11.8. The first kappa shape index (κ1) is 14.4. The van der Waals surface area contributed by atoms with Crippen LogP contribution in [-0.2, 0) is 6.54 Å². The lowest BCUT2D eigenvalue weighted by Crippen LogP contribution is -2.23. The van der Waals surface area contributed by atoms with E-state index in [9.17, 15) is 18.0 Å². The van der Waals surface area contributed by atoms with Gasteiger partial charge < -0.3 is 5.32 Å². The molecule has 1 N–H and O–H groups in total. The summed E-state index contributed by atoms with van der Waals surface area (Å²) in [6.07, 6.45) is 0. The number of hydrogen-bond acceptors (Lipinski definition) is 1. The van der Waals surface area contributed by atoms with Crippen molar-refractivity contribution in [1.82, 2.24) is 5.32 Å². The minimum Gasteiger partial charge on any atom is -0.348 e. The fourth-order valence-corrected chi connectivity index (χ4v) is 1.86. The Morgan fingerprint density at radius 1 is 1.10 bits per heavy atom. The van der Waals surface area contributed by atoms with Gasteiger partial charge in [-0.1, -0.05) is 23.7 Å². The second-order valence-corrected chi connectivity index (χ2v) is 4.47. The normalized spacial score (nSPS) is 10.4. The van der Waals surface area contributed by atoms with Crippen molar-refractivity contribution in [3.05, 3.63) is 70.0 Å². The van der Waals surface area contributed by atoms with E-state index in [0.717, 1.165) is 12.1 Å². The number of benzene rings is 2. The van der Waals surface area contributed by atoms with Crippen LogP contribution in [0.1, 0.15) is 15.9 Å². The minimum atomic E-state index is -1.16. The van der Waals surface area contributed by atoms with E-state index in [1.54, 1.807) is 6.07 Å². The Bertz CT molecular complexity index is 661. The lowest BCUT2D eigenvalue weighted by molar-refractivity contribution is 0.0950. The quantitative estimate of drug-likeness (QED) is 0.861. The molecule has 104 valence electrons. The van der Waals surface area contributed by atoms with Crippen molar-refractivity contribution in [3.63, 3.8) is 0 Å². The summed E-state index contributed by atoms with van der Waals surface area (Å²) in [7, 11) is 0. The maximum atomic E-state index is 13.1. The van der Waals surface area contributed by atoms with Crippen LogP contribution in [0, 0.1) is 17.5 Å². The third-order valence-electron chi connectivity index (χ3n) is 2.60. The zero-order valence-electron chi connectivity index (χ0n) is 10.1. The van der Waals surface area contributed by atoms with Crippen molar-refractivity contribution >= 4 is 17.5 Å². The number of rotatable bonds is 3. The number of hydrogen-bond donors (Lipinski definition) is 1. The van der Waals surface area contributed by atoms with Crippen LogP contribution in [0.2, 0.25) is 5.02 Å². The van der Waals surface area contributed by atoms with Gasteiger partial charge in [-0.25, -0.2) is 13.2 Å². The molecule has 2 nitrogen and oxygen atoms in total. The lowest BCUT2D eigenvalue weighted by atomic mass is 10.1. The number of nitrogens with one attached hydrogen (secondary N) is 1. The highest BCUT2D eigenvalue weighted by Gasteiger charge is 2.14. The Hall–Kier alpha value is -2.01. The number of halogens is 4. The molecule has 0 aromatic heterocycles. The monoisotopic (exact) mass is 299 g/mol. The SMILES string of the molecule is O=C(NCc1cccc(F)c1)c1cc(F)c(F)cc1Cl. The molecular weight excluding hydrogens is 291 g/mol. The average molecular weight is 300 g/mol. The molecule has 1 amide bonds. The zero-order chi connectivity index (χ0) is 14.7. The third kappa shape index (κ3) is 3.30. The smallest absolute Gasteiger partial charge is 0.253 e. The second-order valence-electron chi connectivity index (χ2n) is 4.06. The van der Waals surface area contributed by atoms with E-state index < -0.39 is 23.4 Å². The van der Waals surface area contributed by atoms with Crippen molar-refractivity contribution in [2.45, 2.75) is 6.54 Å². The van der Waals surface area contributed by atoms with Crippen molar-refractivity contribution in [2.24, 2.45) is 0 Å². The van der Waals surface area contributed by atoms with Crippen molar-refractivity contribution in [2.75, 3.05) is 0 Å². The fourth-order valence-electron chi connectivity index (χ4n) is 1.62. The zero-order valence-corrected chi connectivity index (χ0v) is 10.8. The number of carbonyl (C=O) groups is 1.